The molecule has 2 aromatic rings. The van der Waals surface area contributed by atoms with Crippen LogP contribution in [-0.2, 0) is 6.54 Å². The van der Waals surface area contributed by atoms with Gasteiger partial charge in [0.15, 0.2) is 0 Å². The van der Waals surface area contributed by atoms with Gasteiger partial charge in [0.2, 0.25) is 0 Å². The molecule has 2 unspecified atom stereocenters. The lowest BCUT2D eigenvalue weighted by molar-refractivity contribution is 0.293. The molecule has 1 aliphatic carbocycles. The highest BCUT2D eigenvalue weighted by Gasteiger charge is 2.40. The van der Waals surface area contributed by atoms with Crippen molar-refractivity contribution in [3.63, 3.8) is 0 Å². The van der Waals surface area contributed by atoms with Crippen LogP contribution in [0.3, 0.4) is 0 Å². The molecule has 6 nitrogen and oxygen atoms in total. The second-order valence-electron chi connectivity index (χ2n) is 8.57. The van der Waals surface area contributed by atoms with Crippen molar-refractivity contribution >= 4 is 5.82 Å². The molecule has 2 saturated heterocycles. The first-order chi connectivity index (χ1) is 12.7. The van der Waals surface area contributed by atoms with E-state index >= 15 is 0 Å². The molecule has 0 aromatic carbocycles. The number of fused-ring (bicyclic) bond motifs is 1. The maximum atomic E-state index is 5.50. The Hall–Kier alpha value is -1.95. The number of hydrogen-bond donors (Lipinski definition) is 0. The Morgan fingerprint density at radius 1 is 1.08 bits per heavy atom. The van der Waals surface area contributed by atoms with Crippen LogP contribution < -0.4 is 4.90 Å². The summed E-state index contributed by atoms with van der Waals surface area (Å²) in [4.78, 5) is 13.9. The Labute approximate surface area is 154 Å². The minimum absolute atomic E-state index is 0.442. The normalized spacial score (nSPS) is 26.0. The number of aromatic nitrogens is 3. The molecule has 2 atom stereocenters. The number of hydrogen-bond acceptors (Lipinski definition) is 6. The molecule has 4 heterocycles. The summed E-state index contributed by atoms with van der Waals surface area (Å²) < 4.78 is 5.50. The maximum Gasteiger partial charge on any atom is 0.140 e. The lowest BCUT2D eigenvalue weighted by Gasteiger charge is -2.22. The SMILES string of the molecule is CC(C)c1cc(N2CC3CN(Cc4cc(C5CC5)on4)CC3C2)ncn1. The fourth-order valence-corrected chi connectivity index (χ4v) is 4.45. The first kappa shape index (κ1) is 16.2. The van der Waals surface area contributed by atoms with Crippen molar-refractivity contribution in [2.75, 3.05) is 31.1 Å². The minimum atomic E-state index is 0.442. The molecule has 26 heavy (non-hydrogen) atoms. The van der Waals surface area contributed by atoms with Gasteiger partial charge in [0, 0.05) is 56.5 Å². The predicted molar refractivity (Wildman–Crippen MR) is 99.1 cm³/mol. The summed E-state index contributed by atoms with van der Waals surface area (Å²) in [6.45, 7) is 9.78. The molecule has 2 aliphatic heterocycles. The van der Waals surface area contributed by atoms with E-state index in [1.165, 1.54) is 12.8 Å². The fourth-order valence-electron chi connectivity index (χ4n) is 4.45. The summed E-state index contributed by atoms with van der Waals surface area (Å²) in [5, 5.41) is 4.28. The van der Waals surface area contributed by atoms with E-state index in [4.69, 9.17) is 4.52 Å². The summed E-state index contributed by atoms with van der Waals surface area (Å²) in [5.41, 5.74) is 2.23. The summed E-state index contributed by atoms with van der Waals surface area (Å²) >= 11 is 0. The largest absolute Gasteiger partial charge is 0.361 e. The van der Waals surface area contributed by atoms with Crippen molar-refractivity contribution < 1.29 is 4.52 Å². The second kappa shape index (κ2) is 6.34. The second-order valence-corrected chi connectivity index (χ2v) is 8.57. The summed E-state index contributed by atoms with van der Waals surface area (Å²) in [7, 11) is 0. The van der Waals surface area contributed by atoms with Gasteiger partial charge >= 0.3 is 0 Å². The topological polar surface area (TPSA) is 58.3 Å². The standard InChI is InChI=1S/C20H27N5O/c1-13(2)18-6-20(22-12-21-18)25-9-15-7-24(8-16(15)10-25)11-17-5-19(26-23-17)14-3-4-14/h5-6,12-16H,3-4,7-11H2,1-2H3. The molecule has 5 rings (SSSR count). The Balaban J connectivity index is 1.20. The van der Waals surface area contributed by atoms with E-state index in [1.54, 1.807) is 6.33 Å². The fraction of sp³-hybridized carbons (Fsp3) is 0.650. The molecule has 3 aliphatic rings. The van der Waals surface area contributed by atoms with Crippen molar-refractivity contribution in [3.05, 3.63) is 35.6 Å². The highest BCUT2D eigenvalue weighted by molar-refractivity contribution is 5.41. The van der Waals surface area contributed by atoms with Crippen molar-refractivity contribution in [1.82, 2.24) is 20.0 Å². The molecule has 1 saturated carbocycles. The average molecular weight is 353 g/mol. The number of anilines is 1. The van der Waals surface area contributed by atoms with Gasteiger partial charge in [-0.3, -0.25) is 4.90 Å². The highest BCUT2D eigenvalue weighted by atomic mass is 16.5. The quantitative estimate of drug-likeness (QED) is 0.823. The first-order valence-corrected chi connectivity index (χ1v) is 9.90. The minimum Gasteiger partial charge on any atom is -0.361 e. The van der Waals surface area contributed by atoms with Gasteiger partial charge in [0.1, 0.15) is 17.9 Å². The number of likely N-dealkylation sites (tertiary alicyclic amines) is 1. The van der Waals surface area contributed by atoms with E-state index < -0.39 is 0 Å². The molecule has 0 N–H and O–H groups in total. The van der Waals surface area contributed by atoms with Gasteiger partial charge in [-0.25, -0.2) is 9.97 Å². The third kappa shape index (κ3) is 3.11. The van der Waals surface area contributed by atoms with Crippen LogP contribution in [0.2, 0.25) is 0 Å². The van der Waals surface area contributed by atoms with Gasteiger partial charge in [-0.2, -0.15) is 0 Å². The van der Waals surface area contributed by atoms with Crippen LogP contribution in [-0.4, -0.2) is 46.2 Å². The van der Waals surface area contributed by atoms with Crippen molar-refractivity contribution in [3.8, 4) is 0 Å². The summed E-state index contributed by atoms with van der Waals surface area (Å²) in [6.07, 6.45) is 4.24. The molecule has 138 valence electrons. The van der Waals surface area contributed by atoms with Gasteiger partial charge in [0.05, 0.1) is 5.69 Å². The monoisotopic (exact) mass is 353 g/mol. The van der Waals surface area contributed by atoms with E-state index in [2.05, 4.69) is 50.9 Å². The van der Waals surface area contributed by atoms with Crippen LogP contribution in [0.1, 0.15) is 55.7 Å². The third-order valence-corrected chi connectivity index (χ3v) is 6.09. The molecule has 0 radical (unpaired) electrons. The van der Waals surface area contributed by atoms with Crippen LogP contribution >= 0.6 is 0 Å². The van der Waals surface area contributed by atoms with Gasteiger partial charge < -0.3 is 9.42 Å². The van der Waals surface area contributed by atoms with Crippen LogP contribution in [0, 0.1) is 11.8 Å². The molecule has 2 aromatic heterocycles. The van der Waals surface area contributed by atoms with Crippen molar-refractivity contribution in [1.29, 1.82) is 0 Å². The van der Waals surface area contributed by atoms with Crippen LogP contribution in [0.15, 0.2) is 23.0 Å². The third-order valence-electron chi connectivity index (χ3n) is 6.09. The van der Waals surface area contributed by atoms with E-state index in [0.29, 0.717) is 11.8 Å². The Bertz CT molecular complexity index is 770. The zero-order valence-electron chi connectivity index (χ0n) is 15.6. The average Bonchev–Trinajstić information content (AvgIpc) is 3.07. The van der Waals surface area contributed by atoms with Crippen LogP contribution in [0.4, 0.5) is 5.82 Å². The van der Waals surface area contributed by atoms with E-state index in [1.807, 2.05) is 0 Å². The molecule has 0 bridgehead atoms. The predicted octanol–water partition coefficient (Wildman–Crippen LogP) is 3.03. The van der Waals surface area contributed by atoms with Crippen LogP contribution in [0.5, 0.6) is 0 Å². The van der Waals surface area contributed by atoms with Gasteiger partial charge in [-0.15, -0.1) is 0 Å². The zero-order valence-corrected chi connectivity index (χ0v) is 15.6. The molecule has 6 heteroatoms. The van der Waals surface area contributed by atoms with Gasteiger partial charge in [-0.1, -0.05) is 19.0 Å². The van der Waals surface area contributed by atoms with E-state index in [-0.39, 0.29) is 0 Å². The highest BCUT2D eigenvalue weighted by Crippen LogP contribution is 2.40. The van der Waals surface area contributed by atoms with Crippen molar-refractivity contribution in [2.45, 2.75) is 45.1 Å². The smallest absolute Gasteiger partial charge is 0.140 e. The van der Waals surface area contributed by atoms with Gasteiger partial charge in [0.25, 0.3) is 0 Å². The lowest BCUT2D eigenvalue weighted by Crippen LogP contribution is -2.29. The Morgan fingerprint density at radius 2 is 1.85 bits per heavy atom. The summed E-state index contributed by atoms with van der Waals surface area (Å²) in [6, 6.07) is 4.34. The summed E-state index contributed by atoms with van der Waals surface area (Å²) in [5.74, 6) is 4.72. The molecular formula is C20H27N5O. The first-order valence-electron chi connectivity index (χ1n) is 9.90. The molecule has 0 spiro atoms. The van der Waals surface area contributed by atoms with E-state index in [9.17, 15) is 0 Å². The van der Waals surface area contributed by atoms with Crippen molar-refractivity contribution in [2.24, 2.45) is 11.8 Å². The molecule has 0 amide bonds. The van der Waals surface area contributed by atoms with Gasteiger partial charge in [-0.05, 0) is 30.6 Å². The van der Waals surface area contributed by atoms with E-state index in [0.717, 1.165) is 67.5 Å². The molecule has 3 fully saturated rings. The maximum absolute atomic E-state index is 5.50. The number of nitrogens with zero attached hydrogens (tertiary/aromatic N) is 5. The molecular weight excluding hydrogens is 326 g/mol. The van der Waals surface area contributed by atoms with Crippen LogP contribution in [0.25, 0.3) is 0 Å². The Kier molecular flexibility index (Phi) is 3.96. The number of rotatable bonds is 5. The lowest BCUT2D eigenvalue weighted by atomic mass is 10.0. The Morgan fingerprint density at radius 3 is 2.54 bits per heavy atom. The zero-order chi connectivity index (χ0) is 17.7.